The summed E-state index contributed by atoms with van der Waals surface area (Å²) in [5, 5.41) is 0. The first kappa shape index (κ1) is 15.7. The van der Waals surface area contributed by atoms with Crippen molar-refractivity contribution in [2.75, 3.05) is 7.05 Å². The predicted octanol–water partition coefficient (Wildman–Crippen LogP) is 0.660. The number of amides is 2. The fourth-order valence-electron chi connectivity index (χ4n) is 2.34. The van der Waals surface area contributed by atoms with Crippen LogP contribution in [0.3, 0.4) is 0 Å². The molecule has 0 aliphatic rings. The molecule has 0 aromatic carbocycles. The number of aromatic nitrogens is 4. The van der Waals surface area contributed by atoms with Crippen molar-refractivity contribution in [2.45, 2.75) is 32.4 Å². The van der Waals surface area contributed by atoms with Gasteiger partial charge in [-0.2, -0.15) is 0 Å². The van der Waals surface area contributed by atoms with Crippen LogP contribution in [0.4, 0.5) is 0 Å². The lowest BCUT2D eigenvalue weighted by Crippen LogP contribution is -2.47. The molecule has 22 heavy (non-hydrogen) atoms. The van der Waals surface area contributed by atoms with Gasteiger partial charge in [-0.25, -0.2) is 9.97 Å². The van der Waals surface area contributed by atoms with Gasteiger partial charge in [0, 0.05) is 31.8 Å². The maximum absolute atomic E-state index is 12.9. The second-order valence-electron chi connectivity index (χ2n) is 5.61. The third-order valence-corrected chi connectivity index (χ3v) is 3.80. The Morgan fingerprint density at radius 3 is 2.59 bits per heavy atom. The van der Waals surface area contributed by atoms with Crippen molar-refractivity contribution in [1.82, 2.24) is 24.4 Å². The average Bonchev–Trinajstić information content (AvgIpc) is 3.15. The summed E-state index contributed by atoms with van der Waals surface area (Å²) in [6, 6.07) is -0.234. The number of likely N-dealkylation sites (N-methyl/N-ethyl adjacent to an activating group) is 1. The summed E-state index contributed by atoms with van der Waals surface area (Å²) in [6.45, 7) is 5.30. The molecular weight excluding hydrogens is 284 g/mol. The molecule has 0 spiro atoms. The molecule has 0 saturated carbocycles. The van der Waals surface area contributed by atoms with Crippen LogP contribution >= 0.6 is 0 Å². The Morgan fingerprint density at radius 2 is 2.05 bits per heavy atom. The number of rotatable bonds is 5. The lowest BCUT2D eigenvalue weighted by Gasteiger charge is -2.34. The number of imidazole rings is 2. The zero-order valence-corrected chi connectivity index (χ0v) is 13.1. The Morgan fingerprint density at radius 1 is 1.36 bits per heavy atom. The van der Waals surface area contributed by atoms with Gasteiger partial charge < -0.3 is 20.2 Å². The summed E-state index contributed by atoms with van der Waals surface area (Å²) >= 11 is 0. The number of carbonyl (C=O) groups excluding carboxylic acids is 2. The first-order valence-corrected chi connectivity index (χ1v) is 6.87. The van der Waals surface area contributed by atoms with E-state index in [1.807, 2.05) is 6.92 Å². The van der Waals surface area contributed by atoms with Gasteiger partial charge in [-0.05, 0) is 20.8 Å². The minimum atomic E-state index is -1.00. The van der Waals surface area contributed by atoms with E-state index in [0.717, 1.165) is 0 Å². The molecule has 0 fully saturated rings. The molecule has 8 heteroatoms. The minimum absolute atomic E-state index is 0.0531. The fourth-order valence-corrected chi connectivity index (χ4v) is 2.34. The third kappa shape index (κ3) is 2.59. The van der Waals surface area contributed by atoms with Gasteiger partial charge in [0.15, 0.2) is 5.82 Å². The minimum Gasteiger partial charge on any atom is -0.363 e. The fraction of sp³-hybridized carbons (Fsp3) is 0.429. The van der Waals surface area contributed by atoms with E-state index in [4.69, 9.17) is 5.73 Å². The van der Waals surface area contributed by atoms with Gasteiger partial charge in [0.25, 0.3) is 5.91 Å². The molecule has 2 aromatic rings. The van der Waals surface area contributed by atoms with Crippen molar-refractivity contribution in [2.24, 2.45) is 5.73 Å². The van der Waals surface area contributed by atoms with Gasteiger partial charge in [0.2, 0.25) is 5.91 Å². The molecule has 1 atom stereocenters. The zero-order valence-electron chi connectivity index (χ0n) is 13.1. The van der Waals surface area contributed by atoms with Crippen LogP contribution in [0.25, 0.3) is 0 Å². The topological polar surface area (TPSA) is 110 Å². The standard InChI is InChI=1S/C14H20N6O2/c1-9(11-16-5-6-17-11)19(4)13(22)14(2,3)20-8-7-18-12(20)10(15)21/h5-9H,1-4H3,(H2,15,21)(H,16,17). The van der Waals surface area contributed by atoms with Crippen molar-refractivity contribution in [3.63, 3.8) is 0 Å². The van der Waals surface area contributed by atoms with Gasteiger partial charge in [-0.3, -0.25) is 9.59 Å². The number of carbonyl (C=O) groups is 2. The molecule has 0 radical (unpaired) electrons. The van der Waals surface area contributed by atoms with Crippen LogP contribution in [0.15, 0.2) is 24.8 Å². The molecule has 118 valence electrons. The average molecular weight is 304 g/mol. The van der Waals surface area contributed by atoms with Gasteiger partial charge in [0.05, 0.1) is 6.04 Å². The number of H-pyrrole nitrogens is 1. The number of nitrogens with zero attached hydrogens (tertiary/aromatic N) is 4. The van der Waals surface area contributed by atoms with E-state index in [-0.39, 0.29) is 17.8 Å². The molecule has 0 aliphatic carbocycles. The monoisotopic (exact) mass is 304 g/mol. The summed E-state index contributed by atoms with van der Waals surface area (Å²) in [5.74, 6) is -0.116. The van der Waals surface area contributed by atoms with Crippen molar-refractivity contribution in [1.29, 1.82) is 0 Å². The Kier molecular flexibility index (Phi) is 4.03. The van der Waals surface area contributed by atoms with E-state index in [2.05, 4.69) is 15.0 Å². The summed E-state index contributed by atoms with van der Waals surface area (Å²) in [6.07, 6.45) is 6.36. The highest BCUT2D eigenvalue weighted by Crippen LogP contribution is 2.24. The molecule has 2 amide bonds. The van der Waals surface area contributed by atoms with E-state index in [0.29, 0.717) is 5.82 Å². The van der Waals surface area contributed by atoms with Crippen LogP contribution in [0, 0.1) is 0 Å². The third-order valence-electron chi connectivity index (χ3n) is 3.80. The number of nitrogens with one attached hydrogen (secondary N) is 1. The molecule has 0 bridgehead atoms. The summed E-state index contributed by atoms with van der Waals surface area (Å²) in [4.78, 5) is 36.9. The molecule has 0 aliphatic heterocycles. The first-order chi connectivity index (χ1) is 10.3. The first-order valence-electron chi connectivity index (χ1n) is 6.87. The maximum Gasteiger partial charge on any atom is 0.284 e. The second kappa shape index (κ2) is 5.63. The summed E-state index contributed by atoms with van der Waals surface area (Å²) in [5.41, 5.74) is 4.30. The second-order valence-corrected chi connectivity index (χ2v) is 5.61. The van der Waals surface area contributed by atoms with Crippen LogP contribution in [0.5, 0.6) is 0 Å². The molecule has 8 nitrogen and oxygen atoms in total. The normalized spacial score (nSPS) is 12.9. The van der Waals surface area contributed by atoms with Gasteiger partial charge in [-0.15, -0.1) is 0 Å². The lowest BCUT2D eigenvalue weighted by molar-refractivity contribution is -0.140. The van der Waals surface area contributed by atoms with Crippen molar-refractivity contribution < 1.29 is 9.59 Å². The SMILES string of the molecule is CC(c1ncc[nH]1)N(C)C(=O)C(C)(C)n1ccnc1C(N)=O. The van der Waals surface area contributed by atoms with E-state index in [9.17, 15) is 9.59 Å². The summed E-state index contributed by atoms with van der Waals surface area (Å²) < 4.78 is 1.49. The Labute approximate surface area is 128 Å². The Hall–Kier alpha value is -2.64. The van der Waals surface area contributed by atoms with E-state index >= 15 is 0 Å². The number of hydrogen-bond donors (Lipinski definition) is 2. The van der Waals surface area contributed by atoms with Gasteiger partial charge in [0.1, 0.15) is 11.4 Å². The molecule has 2 heterocycles. The van der Waals surface area contributed by atoms with Crippen LogP contribution < -0.4 is 5.73 Å². The molecule has 1 unspecified atom stereocenters. The molecule has 0 saturated heterocycles. The van der Waals surface area contributed by atoms with Crippen molar-refractivity contribution >= 4 is 11.8 Å². The molecule has 2 rings (SSSR count). The highest BCUT2D eigenvalue weighted by molar-refractivity contribution is 5.91. The summed E-state index contributed by atoms with van der Waals surface area (Å²) in [7, 11) is 1.69. The Balaban J connectivity index is 2.30. The number of aromatic amines is 1. The lowest BCUT2D eigenvalue weighted by atomic mass is 10.0. The quantitative estimate of drug-likeness (QED) is 0.845. The van der Waals surface area contributed by atoms with Crippen LogP contribution in [0.2, 0.25) is 0 Å². The number of primary amides is 1. The van der Waals surface area contributed by atoms with Gasteiger partial charge in [-0.1, -0.05) is 0 Å². The van der Waals surface area contributed by atoms with E-state index in [1.165, 1.54) is 10.8 Å². The molecular formula is C14H20N6O2. The van der Waals surface area contributed by atoms with E-state index in [1.54, 1.807) is 44.4 Å². The molecule has 3 N–H and O–H groups in total. The largest absolute Gasteiger partial charge is 0.363 e. The smallest absolute Gasteiger partial charge is 0.284 e. The Bertz CT molecular complexity index is 673. The van der Waals surface area contributed by atoms with Crippen LogP contribution in [-0.4, -0.2) is 43.3 Å². The van der Waals surface area contributed by atoms with Crippen LogP contribution in [0.1, 0.15) is 43.3 Å². The number of nitrogens with two attached hydrogens (primary N) is 1. The van der Waals surface area contributed by atoms with Crippen molar-refractivity contribution in [3.8, 4) is 0 Å². The zero-order chi connectivity index (χ0) is 16.5. The maximum atomic E-state index is 12.9. The van der Waals surface area contributed by atoms with Crippen molar-refractivity contribution in [3.05, 3.63) is 36.4 Å². The van der Waals surface area contributed by atoms with Gasteiger partial charge >= 0.3 is 0 Å². The number of hydrogen-bond acceptors (Lipinski definition) is 4. The van der Waals surface area contributed by atoms with Crippen LogP contribution in [-0.2, 0) is 10.3 Å². The predicted molar refractivity (Wildman–Crippen MR) is 79.8 cm³/mol. The molecule has 2 aromatic heterocycles. The highest BCUT2D eigenvalue weighted by Gasteiger charge is 2.36. The van der Waals surface area contributed by atoms with E-state index < -0.39 is 11.4 Å². The highest BCUT2D eigenvalue weighted by atomic mass is 16.2.